The van der Waals surface area contributed by atoms with Gasteiger partial charge in [-0.15, -0.1) is 0 Å². The van der Waals surface area contributed by atoms with Gasteiger partial charge in [0.25, 0.3) is 4.58 Å². The van der Waals surface area contributed by atoms with Crippen LogP contribution in [0.3, 0.4) is 0 Å². The highest BCUT2D eigenvalue weighted by molar-refractivity contribution is 9.10. The molecule has 2 nitrogen and oxygen atoms in total. The quantitative estimate of drug-likeness (QED) is 0.507. The SMILES string of the molecule is CC(C)(C)OC(=O)C(C)(F)Br. The first kappa shape index (κ1) is 10.9. The number of alkyl halides is 2. The molecule has 0 aromatic carbocycles. The molecule has 1 atom stereocenters. The molecule has 0 saturated heterocycles. The zero-order valence-corrected chi connectivity index (χ0v) is 8.66. The molecule has 0 fully saturated rings. The molecule has 0 amide bonds. The molecule has 0 bridgehead atoms. The third-order valence-electron chi connectivity index (χ3n) is 0.757. The second-order valence-corrected chi connectivity index (χ2v) is 4.88. The highest BCUT2D eigenvalue weighted by atomic mass is 79.9. The van der Waals surface area contributed by atoms with Gasteiger partial charge in [0.1, 0.15) is 5.60 Å². The van der Waals surface area contributed by atoms with Gasteiger partial charge in [0.05, 0.1) is 0 Å². The van der Waals surface area contributed by atoms with Crippen LogP contribution >= 0.6 is 15.9 Å². The van der Waals surface area contributed by atoms with E-state index < -0.39 is 16.1 Å². The number of hydrogen-bond donors (Lipinski definition) is 0. The lowest BCUT2D eigenvalue weighted by atomic mass is 10.2. The summed E-state index contributed by atoms with van der Waals surface area (Å²) in [4.78, 5) is 10.8. The molecule has 0 saturated carbocycles. The highest BCUT2D eigenvalue weighted by Crippen LogP contribution is 2.23. The van der Waals surface area contributed by atoms with Crippen molar-refractivity contribution < 1.29 is 13.9 Å². The second kappa shape index (κ2) is 3.09. The summed E-state index contributed by atoms with van der Waals surface area (Å²) in [5.41, 5.74) is -0.641. The fraction of sp³-hybridized carbons (Fsp3) is 0.857. The van der Waals surface area contributed by atoms with Crippen LogP contribution in [0.15, 0.2) is 0 Å². The Balaban J connectivity index is 4.11. The Bertz CT molecular complexity index is 155. The van der Waals surface area contributed by atoms with Gasteiger partial charge < -0.3 is 4.74 Å². The van der Waals surface area contributed by atoms with Crippen LogP contribution in [-0.2, 0) is 9.53 Å². The molecule has 0 aliphatic carbocycles. The van der Waals surface area contributed by atoms with Gasteiger partial charge in [0, 0.05) is 0 Å². The topological polar surface area (TPSA) is 26.3 Å². The monoisotopic (exact) mass is 226 g/mol. The van der Waals surface area contributed by atoms with Crippen LogP contribution in [-0.4, -0.2) is 16.1 Å². The largest absolute Gasteiger partial charge is 0.457 e. The molecule has 11 heavy (non-hydrogen) atoms. The standard InChI is InChI=1S/C7H12BrFO2/c1-6(2,3)11-5(10)7(4,8)9/h1-4H3. The summed E-state index contributed by atoms with van der Waals surface area (Å²) in [7, 11) is 0. The normalized spacial score (nSPS) is 17.3. The average Bonchev–Trinajstić information content (AvgIpc) is 1.56. The first-order chi connectivity index (χ1) is 4.63. The fourth-order valence-corrected chi connectivity index (χ4v) is 0.449. The van der Waals surface area contributed by atoms with E-state index in [2.05, 4.69) is 15.9 Å². The lowest BCUT2D eigenvalue weighted by Gasteiger charge is -2.22. The van der Waals surface area contributed by atoms with E-state index >= 15 is 0 Å². The minimum absolute atomic E-state index is 0.641. The first-order valence-electron chi connectivity index (χ1n) is 3.24. The van der Waals surface area contributed by atoms with E-state index in [0.29, 0.717) is 0 Å². The molecule has 0 radical (unpaired) electrons. The summed E-state index contributed by atoms with van der Waals surface area (Å²) >= 11 is 2.56. The minimum atomic E-state index is -2.08. The maximum absolute atomic E-state index is 12.8. The zero-order chi connectivity index (χ0) is 9.28. The van der Waals surface area contributed by atoms with Crippen LogP contribution in [0.25, 0.3) is 0 Å². The Hall–Kier alpha value is -0.120. The number of ether oxygens (including phenoxy) is 1. The minimum Gasteiger partial charge on any atom is -0.457 e. The van der Waals surface area contributed by atoms with Crippen molar-refractivity contribution in [3.8, 4) is 0 Å². The van der Waals surface area contributed by atoms with Gasteiger partial charge >= 0.3 is 5.97 Å². The molecule has 0 rings (SSSR count). The van der Waals surface area contributed by atoms with E-state index in [-0.39, 0.29) is 0 Å². The molecule has 0 N–H and O–H groups in total. The molecular formula is C7H12BrFO2. The van der Waals surface area contributed by atoms with E-state index in [9.17, 15) is 9.18 Å². The molecule has 0 aromatic heterocycles. The van der Waals surface area contributed by atoms with Crippen molar-refractivity contribution in [3.63, 3.8) is 0 Å². The van der Waals surface area contributed by atoms with Crippen LogP contribution in [0, 0.1) is 0 Å². The van der Waals surface area contributed by atoms with Gasteiger partial charge in [0.2, 0.25) is 0 Å². The highest BCUT2D eigenvalue weighted by Gasteiger charge is 2.34. The maximum atomic E-state index is 12.8. The summed E-state index contributed by atoms with van der Waals surface area (Å²) in [6, 6.07) is 0. The van der Waals surface area contributed by atoms with Gasteiger partial charge in [-0.1, -0.05) is 0 Å². The third-order valence-corrected chi connectivity index (χ3v) is 1.08. The van der Waals surface area contributed by atoms with E-state index in [1.54, 1.807) is 20.8 Å². The van der Waals surface area contributed by atoms with E-state index in [4.69, 9.17) is 4.74 Å². The molecule has 4 heteroatoms. The Labute approximate surface area is 74.2 Å². The molecule has 0 spiro atoms. The first-order valence-corrected chi connectivity index (χ1v) is 4.03. The number of esters is 1. The van der Waals surface area contributed by atoms with Crippen molar-refractivity contribution in [1.82, 2.24) is 0 Å². The Morgan fingerprint density at radius 3 is 1.82 bits per heavy atom. The van der Waals surface area contributed by atoms with Gasteiger partial charge in [0.15, 0.2) is 0 Å². The molecule has 0 aliphatic rings. The predicted molar refractivity (Wildman–Crippen MR) is 44.3 cm³/mol. The van der Waals surface area contributed by atoms with Gasteiger partial charge in [-0.05, 0) is 43.6 Å². The summed E-state index contributed by atoms with van der Waals surface area (Å²) in [6.45, 7) is 6.15. The summed E-state index contributed by atoms with van der Waals surface area (Å²) in [6.07, 6.45) is 0. The van der Waals surface area contributed by atoms with E-state index in [1.165, 1.54) is 0 Å². The van der Waals surface area contributed by atoms with Crippen molar-refractivity contribution >= 4 is 21.9 Å². The van der Waals surface area contributed by atoms with Gasteiger partial charge in [-0.3, -0.25) is 0 Å². The zero-order valence-electron chi connectivity index (χ0n) is 7.07. The second-order valence-electron chi connectivity index (χ2n) is 3.39. The molecule has 1 unspecified atom stereocenters. The summed E-state index contributed by atoms with van der Waals surface area (Å²) in [5.74, 6) is -0.898. The van der Waals surface area contributed by atoms with Crippen molar-refractivity contribution in [2.24, 2.45) is 0 Å². The number of rotatable bonds is 1. The van der Waals surface area contributed by atoms with Crippen LogP contribution in [0.1, 0.15) is 27.7 Å². The molecule has 0 heterocycles. The van der Waals surface area contributed by atoms with Crippen LogP contribution in [0.5, 0.6) is 0 Å². The predicted octanol–water partition coefficient (Wildman–Crippen LogP) is 2.41. The van der Waals surface area contributed by atoms with Gasteiger partial charge in [-0.25, -0.2) is 9.18 Å². The number of halogens is 2. The molecule has 66 valence electrons. The number of carbonyl (C=O) groups excluding carboxylic acids is 1. The van der Waals surface area contributed by atoms with Crippen LogP contribution < -0.4 is 0 Å². The summed E-state index contributed by atoms with van der Waals surface area (Å²) in [5, 5.41) is 0. The lowest BCUT2D eigenvalue weighted by molar-refractivity contribution is -0.161. The Kier molecular flexibility index (Phi) is 3.06. The van der Waals surface area contributed by atoms with Crippen molar-refractivity contribution in [3.05, 3.63) is 0 Å². The Morgan fingerprint density at radius 1 is 1.36 bits per heavy atom. The van der Waals surface area contributed by atoms with Crippen molar-refractivity contribution in [2.75, 3.05) is 0 Å². The smallest absolute Gasteiger partial charge is 0.355 e. The number of hydrogen-bond acceptors (Lipinski definition) is 2. The maximum Gasteiger partial charge on any atom is 0.355 e. The molecule has 0 aliphatic heterocycles. The van der Waals surface area contributed by atoms with E-state index in [0.717, 1.165) is 6.92 Å². The molecule has 0 aromatic rings. The van der Waals surface area contributed by atoms with Crippen LogP contribution in [0.4, 0.5) is 4.39 Å². The van der Waals surface area contributed by atoms with Gasteiger partial charge in [-0.2, -0.15) is 0 Å². The lowest BCUT2D eigenvalue weighted by Crippen LogP contribution is -2.33. The summed E-state index contributed by atoms with van der Waals surface area (Å²) < 4.78 is 15.4. The number of carbonyl (C=O) groups is 1. The third kappa shape index (κ3) is 5.18. The average molecular weight is 227 g/mol. The van der Waals surface area contributed by atoms with E-state index in [1.807, 2.05) is 0 Å². The molecular weight excluding hydrogens is 215 g/mol. The van der Waals surface area contributed by atoms with Crippen molar-refractivity contribution in [1.29, 1.82) is 0 Å². The van der Waals surface area contributed by atoms with Crippen molar-refractivity contribution in [2.45, 2.75) is 37.9 Å². The Morgan fingerprint density at radius 2 is 1.73 bits per heavy atom. The van der Waals surface area contributed by atoms with Crippen LogP contribution in [0.2, 0.25) is 0 Å². The fourth-order valence-electron chi connectivity index (χ4n) is 0.368.